The fourth-order valence-corrected chi connectivity index (χ4v) is 5.77. The molecule has 3 atom stereocenters. The van der Waals surface area contributed by atoms with Gasteiger partial charge in [0.25, 0.3) is 5.91 Å². The third kappa shape index (κ3) is 10.3. The van der Waals surface area contributed by atoms with Gasteiger partial charge in [-0.25, -0.2) is 4.79 Å². The standard InChI is InChI=1S/C30H44N6O6.C4H8/c1-19(22(37)24(31)38)33-25(39)21-14-11-17-36(21)26(40)23(29(2,3)4)34-28(42)35-30(15-9-6-10-16-30)27(41)32-18-20-12-7-5-8-13-20;1-4-2-3-4/h5,7-8,12-13,19,21,23H,6,9-11,14-18H2,1-4H3,(H2,31,38)(H,32,41)(H,33,39)(H2,34,35,42);4H,2-3H2,1H3. The second kappa shape index (κ2) is 16.0. The highest BCUT2D eigenvalue weighted by Crippen LogP contribution is 2.30. The zero-order chi connectivity index (χ0) is 34.1. The molecular formula is C34H52N6O6. The number of nitrogens with zero attached hydrogens (tertiary/aromatic N) is 1. The Labute approximate surface area is 272 Å². The number of primary amides is 1. The summed E-state index contributed by atoms with van der Waals surface area (Å²) in [5.74, 6) is -2.30. The van der Waals surface area contributed by atoms with Gasteiger partial charge in [-0.1, -0.05) is 90.1 Å². The molecule has 2 saturated carbocycles. The van der Waals surface area contributed by atoms with Crippen LogP contribution >= 0.6 is 0 Å². The number of rotatable bonds is 10. The van der Waals surface area contributed by atoms with Gasteiger partial charge in [-0.3, -0.25) is 24.0 Å². The van der Waals surface area contributed by atoms with Crippen LogP contribution in [0.5, 0.6) is 0 Å². The highest BCUT2D eigenvalue weighted by Gasteiger charge is 2.45. The number of nitrogens with one attached hydrogen (secondary N) is 4. The summed E-state index contributed by atoms with van der Waals surface area (Å²) in [6, 6.07) is 5.86. The lowest BCUT2D eigenvalue weighted by molar-refractivity contribution is -0.143. The zero-order valence-corrected chi connectivity index (χ0v) is 27.9. The summed E-state index contributed by atoms with van der Waals surface area (Å²) >= 11 is 0. The van der Waals surface area contributed by atoms with E-state index in [4.69, 9.17) is 5.73 Å². The van der Waals surface area contributed by atoms with Crippen molar-refractivity contribution in [2.24, 2.45) is 17.1 Å². The molecule has 0 bridgehead atoms. The Hall–Kier alpha value is -3.96. The number of amides is 6. The number of Topliss-reactive ketones (excluding diaryl/α,β-unsaturated/α-hetero) is 1. The number of carbonyl (C=O) groups is 6. The van der Waals surface area contributed by atoms with E-state index in [0.717, 1.165) is 30.7 Å². The predicted molar refractivity (Wildman–Crippen MR) is 174 cm³/mol. The molecule has 6 N–H and O–H groups in total. The number of hydrogen-bond donors (Lipinski definition) is 5. The molecule has 12 heteroatoms. The quantitative estimate of drug-likeness (QED) is 0.245. The van der Waals surface area contributed by atoms with Crippen LogP contribution in [-0.4, -0.2) is 70.6 Å². The molecular weight excluding hydrogens is 588 g/mol. The van der Waals surface area contributed by atoms with Gasteiger partial charge in [-0.15, -0.1) is 0 Å². The van der Waals surface area contributed by atoms with Gasteiger partial charge in [0.1, 0.15) is 17.6 Å². The van der Waals surface area contributed by atoms with Crippen LogP contribution in [0, 0.1) is 11.3 Å². The van der Waals surface area contributed by atoms with E-state index in [1.165, 1.54) is 24.7 Å². The second-order valence-corrected chi connectivity index (χ2v) is 14.0. The first-order valence-electron chi connectivity index (χ1n) is 16.5. The van der Waals surface area contributed by atoms with Crippen LogP contribution in [0.4, 0.5) is 4.79 Å². The molecule has 2 aliphatic carbocycles. The Morgan fingerprint density at radius 1 is 0.935 bits per heavy atom. The van der Waals surface area contributed by atoms with Crippen molar-refractivity contribution in [2.75, 3.05) is 6.54 Å². The molecule has 0 radical (unpaired) electrons. The highest BCUT2D eigenvalue weighted by molar-refractivity contribution is 6.37. The maximum atomic E-state index is 13.8. The van der Waals surface area contributed by atoms with Crippen LogP contribution in [0.15, 0.2) is 30.3 Å². The molecule has 1 aliphatic heterocycles. The van der Waals surface area contributed by atoms with Crippen LogP contribution < -0.4 is 27.0 Å². The van der Waals surface area contributed by atoms with E-state index in [1.54, 1.807) is 20.8 Å². The molecule has 12 nitrogen and oxygen atoms in total. The molecule has 46 heavy (non-hydrogen) atoms. The van der Waals surface area contributed by atoms with Crippen molar-refractivity contribution in [3.63, 3.8) is 0 Å². The molecule has 254 valence electrons. The number of ketones is 1. The maximum Gasteiger partial charge on any atom is 0.316 e. The number of carbonyl (C=O) groups excluding carboxylic acids is 6. The summed E-state index contributed by atoms with van der Waals surface area (Å²) in [6.45, 7) is 9.66. The van der Waals surface area contributed by atoms with Crippen molar-refractivity contribution >= 4 is 35.4 Å². The first kappa shape index (κ1) is 36.5. The number of benzene rings is 1. The molecule has 1 saturated heterocycles. The van der Waals surface area contributed by atoms with Crippen molar-refractivity contribution in [1.82, 2.24) is 26.2 Å². The third-order valence-electron chi connectivity index (χ3n) is 8.88. The monoisotopic (exact) mass is 640 g/mol. The van der Waals surface area contributed by atoms with Gasteiger partial charge in [-0.2, -0.15) is 0 Å². The van der Waals surface area contributed by atoms with Gasteiger partial charge in [0.15, 0.2) is 0 Å². The van der Waals surface area contributed by atoms with Gasteiger partial charge >= 0.3 is 6.03 Å². The van der Waals surface area contributed by atoms with Crippen LogP contribution in [0.2, 0.25) is 0 Å². The van der Waals surface area contributed by atoms with Gasteiger partial charge in [0, 0.05) is 13.1 Å². The summed E-state index contributed by atoms with van der Waals surface area (Å²) in [5, 5.41) is 11.1. The summed E-state index contributed by atoms with van der Waals surface area (Å²) in [7, 11) is 0. The maximum absolute atomic E-state index is 13.8. The Kier molecular flexibility index (Phi) is 12.7. The SMILES string of the molecule is CC(NC(=O)C1CCCN1C(=O)C(NC(=O)NC1(C(=O)NCc2ccccc2)CCCCC1)C(C)(C)C)C(=O)C(N)=O.CC1CC1. The molecule has 3 fully saturated rings. The van der Waals surface area contributed by atoms with E-state index in [0.29, 0.717) is 32.2 Å². The molecule has 0 aromatic heterocycles. The third-order valence-corrected chi connectivity index (χ3v) is 8.88. The van der Waals surface area contributed by atoms with E-state index in [2.05, 4.69) is 28.2 Å². The minimum Gasteiger partial charge on any atom is -0.363 e. The predicted octanol–water partition coefficient (Wildman–Crippen LogP) is 2.69. The van der Waals surface area contributed by atoms with E-state index in [-0.39, 0.29) is 12.5 Å². The van der Waals surface area contributed by atoms with Gasteiger partial charge in [-0.05, 0) is 49.5 Å². The average molecular weight is 641 g/mol. The Morgan fingerprint density at radius 2 is 1.54 bits per heavy atom. The van der Waals surface area contributed by atoms with E-state index in [1.807, 2.05) is 30.3 Å². The normalized spacial score (nSPS) is 20.2. The van der Waals surface area contributed by atoms with Crippen molar-refractivity contribution < 1.29 is 28.8 Å². The molecule has 1 aromatic carbocycles. The lowest BCUT2D eigenvalue weighted by Gasteiger charge is -2.39. The van der Waals surface area contributed by atoms with Gasteiger partial charge in [0.2, 0.25) is 23.5 Å². The van der Waals surface area contributed by atoms with Crippen LogP contribution in [0.1, 0.15) is 98.0 Å². The summed E-state index contributed by atoms with van der Waals surface area (Å²) in [6.07, 6.45) is 7.36. The Bertz CT molecular complexity index is 1250. The fourth-order valence-electron chi connectivity index (χ4n) is 5.77. The van der Waals surface area contributed by atoms with Gasteiger partial charge < -0.3 is 31.9 Å². The minimum absolute atomic E-state index is 0.268. The topological polar surface area (TPSA) is 180 Å². The van der Waals surface area contributed by atoms with Crippen molar-refractivity contribution in [2.45, 2.75) is 123 Å². The zero-order valence-electron chi connectivity index (χ0n) is 27.9. The van der Waals surface area contributed by atoms with Crippen LogP contribution in [-0.2, 0) is 30.5 Å². The molecule has 0 spiro atoms. The number of nitrogens with two attached hydrogens (primary N) is 1. The summed E-state index contributed by atoms with van der Waals surface area (Å²) < 4.78 is 0. The molecule has 1 aromatic rings. The number of hydrogen-bond acceptors (Lipinski definition) is 6. The van der Waals surface area contributed by atoms with Crippen molar-refractivity contribution in [3.8, 4) is 0 Å². The van der Waals surface area contributed by atoms with Crippen LogP contribution in [0.3, 0.4) is 0 Å². The number of urea groups is 1. The van der Waals surface area contributed by atoms with Crippen LogP contribution in [0.25, 0.3) is 0 Å². The Balaban J connectivity index is 0.00000133. The first-order chi connectivity index (χ1) is 21.6. The smallest absolute Gasteiger partial charge is 0.316 e. The largest absolute Gasteiger partial charge is 0.363 e. The lowest BCUT2D eigenvalue weighted by Crippen LogP contribution is -2.65. The highest BCUT2D eigenvalue weighted by atomic mass is 16.2. The molecule has 3 unspecified atom stereocenters. The minimum atomic E-state index is -1.16. The molecule has 3 aliphatic rings. The first-order valence-corrected chi connectivity index (χ1v) is 16.5. The summed E-state index contributed by atoms with van der Waals surface area (Å²) in [4.78, 5) is 78.1. The van der Waals surface area contributed by atoms with E-state index < -0.39 is 58.6 Å². The molecule has 6 amide bonds. The molecule has 4 rings (SSSR count). The van der Waals surface area contributed by atoms with E-state index in [9.17, 15) is 28.8 Å². The molecule has 1 heterocycles. The Morgan fingerprint density at radius 3 is 2.09 bits per heavy atom. The lowest BCUT2D eigenvalue weighted by atomic mass is 9.80. The summed E-state index contributed by atoms with van der Waals surface area (Å²) in [5.41, 5.74) is 4.14. The average Bonchev–Trinajstić information content (AvgIpc) is 3.63. The van der Waals surface area contributed by atoms with Gasteiger partial charge in [0.05, 0.1) is 6.04 Å². The number of likely N-dealkylation sites (tertiary alicyclic amines) is 1. The van der Waals surface area contributed by atoms with Crippen molar-refractivity contribution in [1.29, 1.82) is 0 Å². The second-order valence-electron chi connectivity index (χ2n) is 14.0. The van der Waals surface area contributed by atoms with Crippen molar-refractivity contribution in [3.05, 3.63) is 35.9 Å². The van der Waals surface area contributed by atoms with E-state index >= 15 is 0 Å². The fraction of sp³-hybridized carbons (Fsp3) is 0.647.